The number of carboxylic acids is 1. The number of fused-ring (bicyclic) bond motifs is 12. The molecule has 6 bridgehead atoms. The van der Waals surface area contributed by atoms with Crippen LogP contribution in [0.2, 0.25) is 0 Å². The Bertz CT molecular complexity index is 3540. The van der Waals surface area contributed by atoms with E-state index in [-0.39, 0.29) is 64.7 Å². The molecule has 0 radical (unpaired) electrons. The summed E-state index contributed by atoms with van der Waals surface area (Å²) in [6.45, 7) is 3.62. The number of aromatic carboxylic acids is 1. The summed E-state index contributed by atoms with van der Waals surface area (Å²) in [5.41, 5.74) is 21.3. The van der Waals surface area contributed by atoms with Crippen molar-refractivity contribution in [2.24, 2.45) is 22.9 Å². The zero-order valence-electron chi connectivity index (χ0n) is 49.3. The van der Waals surface area contributed by atoms with Gasteiger partial charge in [0, 0.05) is 95.8 Å². The Hall–Kier alpha value is -10.1. The number of anilines is 9. The molecule has 500 valence electrons. The standard InChI is InChI=1S/2C19H20F3N7O2.C15H14N6O3.C3H7F3N2/c2*20-19(21,22)15(23)5-4-14(30)12-2-3-13-16(26-12)29(11-6-9-28(13)10-11)18(31)27-17-24-7-1-8-25-17;22-13(23)10-2-3-11-12(18-10)21(9-4-7-20(11)8-9)15(24)19-14-16-5-1-6-17-14;4-3(5,6)2(8)1-7/h2*1-3,7-8,11,15H,4-6,9-10,23H2,(H,24,25,27,31);1-3,5-6,9H,4,7-8H2,(H,22,23)(H,16,17,19,24);2H,1,7-8H2/t2*11-,15?;9-;/m000./s1. The molecule has 6 aliphatic rings. The average Bonchev–Trinajstić information content (AvgIpc) is 1.51. The number of rotatable bonds is 13. The number of nitrogens with one attached hydrogen (secondary N) is 3. The van der Waals surface area contributed by atoms with Crippen LogP contribution in [0.5, 0.6) is 0 Å². The molecule has 0 spiro atoms. The second-order valence-corrected chi connectivity index (χ2v) is 21.8. The first-order chi connectivity index (χ1) is 44.6. The van der Waals surface area contributed by atoms with Crippen molar-refractivity contribution in [1.29, 1.82) is 0 Å². The summed E-state index contributed by atoms with van der Waals surface area (Å²) in [5.74, 6) is -0.884. The van der Waals surface area contributed by atoms with Gasteiger partial charge >= 0.3 is 42.6 Å². The number of hydrogen-bond acceptors (Lipinski definition) is 22. The summed E-state index contributed by atoms with van der Waals surface area (Å²) in [4.78, 5) is 122. The van der Waals surface area contributed by atoms with Crippen LogP contribution >= 0.6 is 0 Å². The molecule has 3 fully saturated rings. The second kappa shape index (κ2) is 28.8. The lowest BCUT2D eigenvalue weighted by Gasteiger charge is -2.35. The van der Waals surface area contributed by atoms with Crippen LogP contribution in [0, 0.1) is 0 Å². The van der Waals surface area contributed by atoms with Gasteiger partial charge in [0.25, 0.3) is 0 Å². The maximum Gasteiger partial charge on any atom is 0.404 e. The highest BCUT2D eigenvalue weighted by atomic mass is 19.4. The number of Topliss-reactive ketones (excluding diaryl/α,β-unsaturated/α-hetero) is 2. The number of carbonyl (C=O) groups excluding carboxylic acids is 5. The van der Waals surface area contributed by atoms with Gasteiger partial charge in [-0.25, -0.2) is 64.0 Å². The molecule has 29 nitrogen and oxygen atoms in total. The smallest absolute Gasteiger partial charge is 0.404 e. The van der Waals surface area contributed by atoms with Crippen LogP contribution in [-0.4, -0.2) is 186 Å². The quantitative estimate of drug-likeness (QED) is 0.0504. The molecule has 12 N–H and O–H groups in total. The molecule has 6 aromatic rings. The molecule has 0 aromatic carbocycles. The van der Waals surface area contributed by atoms with Crippen molar-refractivity contribution in [3.8, 4) is 0 Å². The van der Waals surface area contributed by atoms with Gasteiger partial charge in [0.05, 0.1) is 35.2 Å². The van der Waals surface area contributed by atoms with Crippen LogP contribution in [0.3, 0.4) is 0 Å². The van der Waals surface area contributed by atoms with Crippen molar-refractivity contribution < 1.29 is 73.4 Å². The van der Waals surface area contributed by atoms with Gasteiger partial charge in [0.1, 0.15) is 29.5 Å². The van der Waals surface area contributed by atoms with Crippen LogP contribution in [-0.2, 0) is 0 Å². The molecule has 12 rings (SSSR count). The van der Waals surface area contributed by atoms with E-state index < -0.39 is 105 Å². The van der Waals surface area contributed by atoms with Gasteiger partial charge in [-0.2, -0.15) is 39.5 Å². The largest absolute Gasteiger partial charge is 0.477 e. The molecule has 6 aromatic heterocycles. The van der Waals surface area contributed by atoms with E-state index in [0.717, 1.165) is 31.7 Å². The minimum Gasteiger partial charge on any atom is -0.477 e. The van der Waals surface area contributed by atoms with Crippen LogP contribution in [0.1, 0.15) is 76.4 Å². The number of ketones is 2. The summed E-state index contributed by atoms with van der Waals surface area (Å²) in [6, 6.07) is 6.51. The van der Waals surface area contributed by atoms with Crippen molar-refractivity contribution >= 4 is 88.0 Å². The van der Waals surface area contributed by atoms with Crippen molar-refractivity contribution in [1.82, 2.24) is 44.9 Å². The van der Waals surface area contributed by atoms with Gasteiger partial charge in [-0.15, -0.1) is 0 Å². The van der Waals surface area contributed by atoms with E-state index in [2.05, 4.69) is 87.0 Å². The summed E-state index contributed by atoms with van der Waals surface area (Å²) in [6.07, 6.45) is -4.09. The Kier molecular flexibility index (Phi) is 20.9. The van der Waals surface area contributed by atoms with E-state index in [1.165, 1.54) is 70.1 Å². The monoisotopic (exact) mass is 1320 g/mol. The summed E-state index contributed by atoms with van der Waals surface area (Å²) >= 11 is 0. The van der Waals surface area contributed by atoms with Crippen LogP contribution in [0.15, 0.2) is 91.8 Å². The molecule has 6 atom stereocenters. The van der Waals surface area contributed by atoms with Gasteiger partial charge in [-0.3, -0.25) is 40.2 Å². The number of pyridine rings is 3. The zero-order valence-corrected chi connectivity index (χ0v) is 49.3. The molecule has 0 aliphatic carbocycles. The summed E-state index contributed by atoms with van der Waals surface area (Å²) in [5, 5.41) is 17.1. The van der Waals surface area contributed by atoms with E-state index in [1.54, 1.807) is 36.4 Å². The van der Waals surface area contributed by atoms with Crippen molar-refractivity contribution in [2.75, 3.05) is 91.2 Å². The predicted octanol–water partition coefficient (Wildman–Crippen LogP) is 5.75. The molecule has 3 saturated heterocycles. The van der Waals surface area contributed by atoms with Gasteiger partial charge in [-0.1, -0.05) is 0 Å². The molecule has 12 heterocycles. The highest BCUT2D eigenvalue weighted by molar-refractivity contribution is 6.07. The molecule has 94 heavy (non-hydrogen) atoms. The maximum atomic E-state index is 13.0. The first-order valence-corrected chi connectivity index (χ1v) is 29.0. The van der Waals surface area contributed by atoms with Gasteiger partial charge in [0.2, 0.25) is 17.8 Å². The van der Waals surface area contributed by atoms with E-state index in [0.29, 0.717) is 49.7 Å². The van der Waals surface area contributed by atoms with E-state index >= 15 is 0 Å². The molecular weight excluding hydrogens is 1260 g/mol. The lowest BCUT2D eigenvalue weighted by atomic mass is 10.1. The first kappa shape index (κ1) is 68.3. The topological polar surface area (TPSA) is 398 Å². The summed E-state index contributed by atoms with van der Waals surface area (Å²) < 4.78 is 109. The minimum absolute atomic E-state index is 0.00983. The zero-order chi connectivity index (χ0) is 67.8. The van der Waals surface area contributed by atoms with Crippen LogP contribution in [0.4, 0.5) is 106 Å². The Balaban J connectivity index is 0.000000158. The average molecular weight is 1330 g/mol. The Morgan fingerprint density at radius 2 is 0.755 bits per heavy atom. The van der Waals surface area contributed by atoms with E-state index in [1.807, 2.05) is 0 Å². The summed E-state index contributed by atoms with van der Waals surface area (Å²) in [7, 11) is 0. The number of urea groups is 3. The third-order valence-corrected chi connectivity index (χ3v) is 15.5. The number of alkyl halides is 9. The van der Waals surface area contributed by atoms with Crippen molar-refractivity contribution in [3.63, 3.8) is 0 Å². The van der Waals surface area contributed by atoms with Crippen molar-refractivity contribution in [2.45, 2.75) is 99.7 Å². The number of nitrogens with two attached hydrogens (primary N) is 4. The highest BCUT2D eigenvalue weighted by Gasteiger charge is 2.45. The number of amides is 6. The van der Waals surface area contributed by atoms with Gasteiger partial charge in [-0.05, 0) is 86.7 Å². The fourth-order valence-electron chi connectivity index (χ4n) is 10.7. The van der Waals surface area contributed by atoms with Crippen LogP contribution in [0.25, 0.3) is 0 Å². The van der Waals surface area contributed by atoms with Crippen LogP contribution < -0.4 is 68.3 Å². The van der Waals surface area contributed by atoms with Gasteiger partial charge in [0.15, 0.2) is 34.7 Å². The number of aromatic nitrogens is 9. The third kappa shape index (κ3) is 16.2. The van der Waals surface area contributed by atoms with E-state index in [4.69, 9.17) is 11.5 Å². The molecule has 6 aliphatic heterocycles. The molecular formula is C56H61F9N22O7. The van der Waals surface area contributed by atoms with E-state index in [9.17, 15) is 73.4 Å². The fraction of sp³-hybridized carbons (Fsp3) is 0.411. The number of nitrogens with zero attached hydrogens (tertiary/aromatic N) is 15. The third-order valence-electron chi connectivity index (χ3n) is 15.5. The highest BCUT2D eigenvalue weighted by Crippen LogP contribution is 2.42. The molecule has 6 amide bonds. The van der Waals surface area contributed by atoms with Crippen molar-refractivity contribution in [3.05, 3.63) is 109 Å². The predicted molar refractivity (Wildman–Crippen MR) is 320 cm³/mol. The Morgan fingerprint density at radius 3 is 1.02 bits per heavy atom. The first-order valence-electron chi connectivity index (χ1n) is 29.0. The Morgan fingerprint density at radius 1 is 0.468 bits per heavy atom. The second-order valence-electron chi connectivity index (χ2n) is 21.8. The normalized spacial score (nSPS) is 18.2. The number of carboxylic acid groups (broad SMARTS) is 1. The SMILES string of the molecule is NC(CCC(=O)c1ccc2c(n1)N(C(=O)Nc1ncccn1)[C@H]1CCN2C1)C(F)(F)F.NC(CCC(=O)c1ccc2c(n1)N(C(=O)Nc1ncccn1)[C@H]1CCN2C1)C(F)(F)F.NCC(N)C(F)(F)F.O=C(O)c1ccc2c(n1)N(C(=O)Nc1ncccn1)[C@H]1CCN2C1. The molecule has 38 heteroatoms. The number of halogens is 9. The fourth-order valence-corrected chi connectivity index (χ4v) is 10.7. The molecule has 3 unspecified atom stereocenters. The molecule has 0 saturated carbocycles. The maximum absolute atomic E-state index is 13.0. The minimum atomic E-state index is -4.57. The Labute approximate surface area is 527 Å². The van der Waals surface area contributed by atoms with Gasteiger partial charge < -0.3 is 42.7 Å². The number of carbonyl (C=O) groups is 6. The number of hydrogen-bond donors (Lipinski definition) is 8. The lowest BCUT2D eigenvalue weighted by molar-refractivity contribution is -0.149. The lowest BCUT2D eigenvalue weighted by Crippen LogP contribution is -2.48.